The highest BCUT2D eigenvalue weighted by Gasteiger charge is 2.31. The molecule has 22 heteroatoms. The van der Waals surface area contributed by atoms with Gasteiger partial charge in [0, 0.05) is 94.4 Å². The van der Waals surface area contributed by atoms with Crippen molar-refractivity contribution in [2.24, 2.45) is 0 Å². The summed E-state index contributed by atoms with van der Waals surface area (Å²) in [5.41, 5.74) is 14.8. The van der Waals surface area contributed by atoms with E-state index in [-0.39, 0.29) is 17.4 Å². The molecule has 11 aromatic heterocycles. The van der Waals surface area contributed by atoms with Crippen LogP contribution in [0.3, 0.4) is 0 Å². The normalized spacial score (nSPS) is 10.6. The Labute approximate surface area is 666 Å². The van der Waals surface area contributed by atoms with E-state index in [0.29, 0.717) is 22.6 Å². The zero-order valence-electron chi connectivity index (χ0n) is 64.2. The maximum Gasteiger partial charge on any atom is 0.336 e. The summed E-state index contributed by atoms with van der Waals surface area (Å²) >= 11 is 3.55. The maximum absolute atomic E-state index is 11.3. The number of carbonyl (C=O) groups excluding carboxylic acids is 2. The number of thiophene rings is 1. The number of benzene rings is 9. The minimum atomic E-state index is -0.286. The number of imide groups is 1. The monoisotopic (exact) mass is 1550 g/mol. The lowest BCUT2D eigenvalue weighted by Crippen LogP contribution is -2.24. The number of rotatable bonds is 1. The number of amides is 2. The number of furan rings is 1. The number of H-pyrrole nitrogens is 1. The van der Waals surface area contributed by atoms with Crippen LogP contribution in [0.15, 0.2) is 351 Å². The number of nitrogens with zero attached hydrogens (tertiary/aromatic N) is 11. The van der Waals surface area contributed by atoms with Gasteiger partial charge >= 0.3 is 5.63 Å². The van der Waals surface area contributed by atoms with Gasteiger partial charge in [0.05, 0.1) is 91.7 Å². The summed E-state index contributed by atoms with van der Waals surface area (Å²) in [5, 5.41) is 16.3. The SMILES string of the molecule is CN1C(=O)c2ccccc2C1=O.COc1ccccn1.Cc1cc(=O)oc2ccccc12.Cc1ccc2ccccc2n1.Cc1ccno1.Cc1cnc2ccccc2n1.Cc1coc2ccccc12.Cc1csc2ccccc12.Cc1nc2ccccc2s1.c1c[nH]cn1.c1ccc2nccnc2c1.c1ccc2oncc2c1. The lowest BCUT2D eigenvalue weighted by atomic mass is 10.1. The van der Waals surface area contributed by atoms with Crippen LogP contribution in [0.5, 0.6) is 5.88 Å². The fourth-order valence-electron chi connectivity index (χ4n) is 10.7. The number of aryl methyl sites for hydroxylation is 7. The second-order valence-corrected chi connectivity index (χ2v) is 26.9. The van der Waals surface area contributed by atoms with Crippen molar-refractivity contribution >= 4 is 121 Å². The molecule has 0 aliphatic carbocycles. The first-order chi connectivity index (χ1) is 55.6. The van der Waals surface area contributed by atoms with Crippen molar-refractivity contribution in [3.63, 3.8) is 0 Å². The summed E-state index contributed by atoms with van der Waals surface area (Å²) < 4.78 is 27.2. The van der Waals surface area contributed by atoms with Crippen LogP contribution in [0.2, 0.25) is 0 Å². The highest BCUT2D eigenvalue weighted by molar-refractivity contribution is 7.18. The third kappa shape index (κ3) is 24.8. The molecule has 21 rings (SSSR count). The van der Waals surface area contributed by atoms with Gasteiger partial charge in [-0.15, -0.1) is 22.7 Å². The third-order valence-electron chi connectivity index (χ3n) is 16.4. The highest BCUT2D eigenvalue weighted by Crippen LogP contribution is 2.26. The lowest BCUT2D eigenvalue weighted by Gasteiger charge is -2.02. The van der Waals surface area contributed by atoms with Gasteiger partial charge in [-0.1, -0.05) is 156 Å². The molecule has 1 N–H and O–H groups in total. The Kier molecular flexibility index (Phi) is 31.1. The maximum atomic E-state index is 11.3. The Morgan fingerprint density at radius 3 is 1.55 bits per heavy atom. The number of methoxy groups -OCH3 is 1. The fourth-order valence-corrected chi connectivity index (χ4v) is 12.5. The number of pyridine rings is 2. The molecule has 0 unspecified atom stereocenters. The van der Waals surface area contributed by atoms with Gasteiger partial charge in [-0.25, -0.2) is 24.7 Å². The number of aromatic nitrogens is 11. The van der Waals surface area contributed by atoms with Crippen LogP contribution < -0.4 is 10.4 Å². The van der Waals surface area contributed by atoms with Gasteiger partial charge in [0.2, 0.25) is 5.88 Å². The van der Waals surface area contributed by atoms with Crippen molar-refractivity contribution in [2.45, 2.75) is 48.5 Å². The summed E-state index contributed by atoms with van der Waals surface area (Å²) in [4.78, 5) is 70.5. The van der Waals surface area contributed by atoms with Crippen molar-refractivity contribution in [1.82, 2.24) is 60.1 Å². The summed E-state index contributed by atoms with van der Waals surface area (Å²) in [6.45, 7) is 13.9. The molecule has 0 radical (unpaired) electrons. The van der Waals surface area contributed by atoms with E-state index in [1.807, 2.05) is 217 Å². The van der Waals surface area contributed by atoms with Gasteiger partial charge in [-0.05, 0) is 173 Å². The average molecular weight is 1550 g/mol. The van der Waals surface area contributed by atoms with Crippen LogP contribution in [-0.2, 0) is 0 Å². The van der Waals surface area contributed by atoms with E-state index in [0.717, 1.165) is 87.7 Å². The number of thiazole rings is 1. The number of ether oxygens (including phenoxy) is 1. The van der Waals surface area contributed by atoms with Crippen molar-refractivity contribution in [2.75, 3.05) is 14.2 Å². The van der Waals surface area contributed by atoms with E-state index < -0.39 is 0 Å². The number of aromatic amines is 1. The molecule has 0 saturated carbocycles. The van der Waals surface area contributed by atoms with Gasteiger partial charge in [-0.2, -0.15) is 0 Å². The molecule has 1 aliphatic heterocycles. The smallest absolute Gasteiger partial charge is 0.336 e. The van der Waals surface area contributed by atoms with Crippen LogP contribution in [0.4, 0.5) is 0 Å². The molecule has 0 fully saturated rings. The number of hydrogen-bond acceptors (Lipinski definition) is 20. The molecule has 12 heterocycles. The molecule has 9 aromatic carbocycles. The van der Waals surface area contributed by atoms with Gasteiger partial charge in [0.15, 0.2) is 5.58 Å². The number of nitrogens with one attached hydrogen (secondary N) is 1. The molecule has 0 bridgehead atoms. The molecular formula is C92H82N12O8S2. The van der Waals surface area contributed by atoms with Crippen LogP contribution in [-0.4, -0.2) is 86.0 Å². The van der Waals surface area contributed by atoms with Crippen LogP contribution in [0.25, 0.3) is 86.2 Å². The third-order valence-corrected chi connectivity index (χ3v) is 18.4. The highest BCUT2D eigenvalue weighted by atomic mass is 32.1. The number of para-hydroxylation sites is 9. The molecule has 570 valence electrons. The summed E-state index contributed by atoms with van der Waals surface area (Å²) in [7, 11) is 3.09. The second-order valence-electron chi connectivity index (χ2n) is 24.8. The number of carbonyl (C=O) groups is 2. The topological polar surface area (TPSA) is 261 Å². The van der Waals surface area contributed by atoms with Crippen molar-refractivity contribution in [1.29, 1.82) is 0 Å². The van der Waals surface area contributed by atoms with Gasteiger partial charge in [0.25, 0.3) is 11.8 Å². The molecule has 2 amide bonds. The van der Waals surface area contributed by atoms with E-state index in [2.05, 4.69) is 121 Å². The zero-order valence-corrected chi connectivity index (χ0v) is 65.8. The molecular weight excluding hydrogens is 1470 g/mol. The summed E-state index contributed by atoms with van der Waals surface area (Å²) in [6.07, 6.45) is 17.1. The predicted molar refractivity (Wildman–Crippen MR) is 457 cm³/mol. The fraction of sp³-hybridized carbons (Fsp3) is 0.0978. The first-order valence-corrected chi connectivity index (χ1v) is 37.6. The Hall–Kier alpha value is -14.4. The molecule has 20 aromatic rings. The van der Waals surface area contributed by atoms with E-state index >= 15 is 0 Å². The average Bonchev–Trinajstić information content (AvgIpc) is 1.64. The Balaban J connectivity index is 0.000000132. The molecule has 0 atom stereocenters. The predicted octanol–water partition coefficient (Wildman–Crippen LogP) is 22.0. The molecule has 1 aliphatic rings. The summed E-state index contributed by atoms with van der Waals surface area (Å²) in [6, 6.07) is 83.6. The Bertz CT molecular complexity index is 6020. The lowest BCUT2D eigenvalue weighted by molar-refractivity contribution is 0.0693. The van der Waals surface area contributed by atoms with Gasteiger partial charge in [-0.3, -0.25) is 34.4 Å². The number of hydrogen-bond donors (Lipinski definition) is 1. The van der Waals surface area contributed by atoms with Crippen molar-refractivity contribution in [3.8, 4) is 5.88 Å². The minimum absolute atomic E-state index is 0.212. The van der Waals surface area contributed by atoms with E-state index in [1.165, 1.54) is 49.8 Å². The van der Waals surface area contributed by atoms with Gasteiger partial charge < -0.3 is 27.6 Å². The number of fused-ring (bicyclic) bond motifs is 9. The quantitative estimate of drug-likeness (QED) is 0.118. The first-order valence-electron chi connectivity index (χ1n) is 35.9. The Morgan fingerprint density at radius 1 is 0.421 bits per heavy atom. The van der Waals surface area contributed by atoms with Crippen LogP contribution >= 0.6 is 22.7 Å². The standard InChI is InChI=1S/C10H9N.C10H8O2.C9H8N2.C9H7NO2.C9H8O.C9H8S.C8H6N2.C8H7NS.C7H5NO.C6H7NO.C4H5NO.C3H4N2/c1-8-6-7-9-4-2-3-5-10(9)11-8;1-7-6-10(11)12-9-5-3-2-4-8(7)9;1-7-6-10-8-4-2-3-5-9(8)11-7;1-10-8(11)6-4-2-3-5-7(6)9(10)12;2*1-7-6-10-9-5-3-2-4-8(7)9;1-2-4-8-7(3-1)9-5-6-10-8;1-6-9-7-4-2-3-5-8(7)10-6;1-2-4-7-6(3-1)5-8-9-7;1-8-6-4-2-3-5-7-6;1-4-2-3-5-6-4;1-2-5-3-4-1/h2-7H,1H3;2-6H,1H3;2-6H,1H3;2-5H,1H3;2*2-6H,1H3;1-6H;2-5H,1H3;1-5H;2-5H,1H3;2-3H,1H3;1-3H,(H,4,5). The minimum Gasteiger partial charge on any atom is -0.481 e. The van der Waals surface area contributed by atoms with Crippen molar-refractivity contribution in [3.05, 3.63) is 389 Å². The molecule has 20 nitrogen and oxygen atoms in total. The first kappa shape index (κ1) is 82.2. The second kappa shape index (κ2) is 43.1. The van der Waals surface area contributed by atoms with E-state index in [1.54, 1.807) is 123 Å². The largest absolute Gasteiger partial charge is 0.481 e. The zero-order chi connectivity index (χ0) is 80.2. The summed E-state index contributed by atoms with van der Waals surface area (Å²) in [5.74, 6) is 1.09. The molecule has 0 saturated heterocycles. The number of imidazole rings is 1. The van der Waals surface area contributed by atoms with Crippen molar-refractivity contribution < 1.29 is 32.2 Å². The van der Waals surface area contributed by atoms with E-state index in [4.69, 9.17) is 18.1 Å². The van der Waals surface area contributed by atoms with Crippen LogP contribution in [0.1, 0.15) is 59.6 Å². The van der Waals surface area contributed by atoms with E-state index in [9.17, 15) is 14.4 Å². The molecule has 0 spiro atoms. The van der Waals surface area contributed by atoms with Gasteiger partial charge in [0.1, 0.15) is 16.9 Å². The van der Waals surface area contributed by atoms with Crippen LogP contribution in [0, 0.1) is 48.5 Å². The Morgan fingerprint density at radius 2 is 0.982 bits per heavy atom. The molecule has 114 heavy (non-hydrogen) atoms.